The molecule has 0 fully saturated rings. The number of halogens is 3. The number of ketones is 1. The third-order valence-corrected chi connectivity index (χ3v) is 6.87. The Morgan fingerprint density at radius 2 is 1.91 bits per heavy atom. The number of benzene rings is 1. The third kappa shape index (κ3) is 4.74. The summed E-state index contributed by atoms with van der Waals surface area (Å²) in [5.41, 5.74) is 2.08. The fourth-order valence-electron chi connectivity index (χ4n) is 3.56. The van der Waals surface area contributed by atoms with Crippen LogP contribution in [0.2, 0.25) is 0 Å². The van der Waals surface area contributed by atoms with Crippen LogP contribution in [0.25, 0.3) is 16.5 Å². The normalized spacial score (nSPS) is 11.8. The molecule has 6 nitrogen and oxygen atoms in total. The fraction of sp³-hybridized carbons (Fsp3) is 0.273. The number of nitrogens with zero attached hydrogens (tertiary/aromatic N) is 4. The topological polar surface area (TPSA) is 73.8 Å². The molecule has 0 bridgehead atoms. The second-order valence-corrected chi connectivity index (χ2v) is 9.53. The summed E-state index contributed by atoms with van der Waals surface area (Å²) in [5.74, 6) is 0.224. The average Bonchev–Trinajstić information content (AvgIpc) is 3.42. The molecule has 11 heteroatoms. The first-order valence-corrected chi connectivity index (χ1v) is 11.6. The summed E-state index contributed by atoms with van der Waals surface area (Å²) < 4.78 is 46.7. The standard InChI is InChI=1S/C22H19F3N4O2S2/c1-11-8-17(13(3)29(11)16-7-5-6-15(9-16)22(23,24)25)18(30)10-32-21-28-27-20(31-21)19-12(2)26-14(4)33-19/h5-9H,10H2,1-4H3. The lowest BCUT2D eigenvalue weighted by Crippen LogP contribution is -2.08. The van der Waals surface area contributed by atoms with E-state index in [2.05, 4.69) is 15.2 Å². The molecule has 3 aromatic heterocycles. The summed E-state index contributed by atoms with van der Waals surface area (Å²) in [6, 6.07) is 6.72. The molecule has 0 unspecified atom stereocenters. The van der Waals surface area contributed by atoms with Gasteiger partial charge in [0.15, 0.2) is 5.78 Å². The molecule has 4 rings (SSSR count). The predicted molar refractivity (Wildman–Crippen MR) is 120 cm³/mol. The van der Waals surface area contributed by atoms with E-state index >= 15 is 0 Å². The zero-order valence-electron chi connectivity index (χ0n) is 18.1. The molecule has 3 heterocycles. The van der Waals surface area contributed by atoms with E-state index in [4.69, 9.17) is 4.42 Å². The molecule has 0 spiro atoms. The van der Waals surface area contributed by atoms with Gasteiger partial charge in [-0.05, 0) is 52.0 Å². The number of aryl methyl sites for hydroxylation is 3. The second kappa shape index (κ2) is 8.79. The van der Waals surface area contributed by atoms with Gasteiger partial charge in [0.2, 0.25) is 0 Å². The van der Waals surface area contributed by atoms with Gasteiger partial charge >= 0.3 is 6.18 Å². The minimum absolute atomic E-state index is 0.0508. The Hall–Kier alpha value is -2.92. The largest absolute Gasteiger partial charge is 0.416 e. The highest BCUT2D eigenvalue weighted by molar-refractivity contribution is 7.99. The summed E-state index contributed by atoms with van der Waals surface area (Å²) in [7, 11) is 0. The van der Waals surface area contributed by atoms with Crippen LogP contribution in [-0.4, -0.2) is 31.3 Å². The molecule has 0 aliphatic rings. The minimum atomic E-state index is -4.44. The highest BCUT2D eigenvalue weighted by Gasteiger charge is 2.31. The number of aromatic nitrogens is 4. The Morgan fingerprint density at radius 3 is 2.58 bits per heavy atom. The zero-order valence-corrected chi connectivity index (χ0v) is 19.8. The number of thiazole rings is 1. The van der Waals surface area contributed by atoms with Crippen LogP contribution in [0, 0.1) is 27.7 Å². The highest BCUT2D eigenvalue weighted by atomic mass is 32.2. The predicted octanol–water partition coefficient (Wildman–Crippen LogP) is 6.21. The molecule has 33 heavy (non-hydrogen) atoms. The Morgan fingerprint density at radius 1 is 1.15 bits per heavy atom. The van der Waals surface area contributed by atoms with E-state index in [1.165, 1.54) is 17.4 Å². The van der Waals surface area contributed by atoms with Crippen LogP contribution in [0.15, 0.2) is 40.0 Å². The molecular formula is C22H19F3N4O2S2. The smallest absolute Gasteiger partial charge is 0.410 e. The maximum atomic E-state index is 13.1. The lowest BCUT2D eigenvalue weighted by Gasteiger charge is -2.13. The van der Waals surface area contributed by atoms with Crippen LogP contribution in [0.5, 0.6) is 0 Å². The van der Waals surface area contributed by atoms with Crippen molar-refractivity contribution < 1.29 is 22.4 Å². The molecule has 0 aliphatic carbocycles. The van der Waals surface area contributed by atoms with Crippen LogP contribution < -0.4 is 0 Å². The fourth-order valence-corrected chi connectivity index (χ4v) is 5.05. The van der Waals surface area contributed by atoms with Gasteiger partial charge in [-0.15, -0.1) is 21.5 Å². The van der Waals surface area contributed by atoms with Gasteiger partial charge in [0.05, 0.1) is 22.0 Å². The molecule has 0 saturated carbocycles. The molecule has 0 aliphatic heterocycles. The van der Waals surface area contributed by atoms with E-state index in [-0.39, 0.29) is 16.8 Å². The van der Waals surface area contributed by atoms with Crippen LogP contribution in [0.3, 0.4) is 0 Å². The van der Waals surface area contributed by atoms with Crippen molar-refractivity contribution in [1.29, 1.82) is 0 Å². The van der Waals surface area contributed by atoms with Crippen LogP contribution >= 0.6 is 23.1 Å². The Balaban J connectivity index is 1.52. The first-order valence-electron chi connectivity index (χ1n) is 9.85. The molecule has 1 aromatic carbocycles. The molecule has 172 valence electrons. The zero-order chi connectivity index (χ0) is 23.9. The summed E-state index contributed by atoms with van der Waals surface area (Å²) >= 11 is 2.57. The van der Waals surface area contributed by atoms with E-state index in [9.17, 15) is 18.0 Å². The van der Waals surface area contributed by atoms with Crippen molar-refractivity contribution in [3.63, 3.8) is 0 Å². The van der Waals surface area contributed by atoms with Crippen molar-refractivity contribution in [3.8, 4) is 16.5 Å². The number of alkyl halides is 3. The van der Waals surface area contributed by atoms with Crippen molar-refractivity contribution in [1.82, 2.24) is 19.7 Å². The molecular weight excluding hydrogens is 473 g/mol. The number of carbonyl (C=O) groups is 1. The quantitative estimate of drug-likeness (QED) is 0.235. The first kappa shape index (κ1) is 23.2. The SMILES string of the molecule is Cc1nc(C)c(-c2nnc(SCC(=O)c3cc(C)n(-c4cccc(C(F)(F)F)c4)c3C)o2)s1. The van der Waals surface area contributed by atoms with Crippen molar-refractivity contribution in [3.05, 3.63) is 63.5 Å². The molecule has 0 atom stereocenters. The number of carbonyl (C=O) groups excluding carboxylic acids is 1. The van der Waals surface area contributed by atoms with Gasteiger partial charge in [-0.2, -0.15) is 13.2 Å². The van der Waals surface area contributed by atoms with Crippen molar-refractivity contribution >= 4 is 28.9 Å². The number of rotatable bonds is 6. The van der Waals surface area contributed by atoms with Crippen molar-refractivity contribution in [2.75, 3.05) is 5.75 Å². The van der Waals surface area contributed by atoms with Crippen molar-refractivity contribution in [2.24, 2.45) is 0 Å². The van der Waals surface area contributed by atoms with E-state index < -0.39 is 11.7 Å². The Bertz CT molecular complexity index is 1340. The average molecular weight is 493 g/mol. The first-order chi connectivity index (χ1) is 15.5. The summed E-state index contributed by atoms with van der Waals surface area (Å²) in [4.78, 5) is 18.0. The van der Waals surface area contributed by atoms with E-state index in [0.29, 0.717) is 28.5 Å². The van der Waals surface area contributed by atoms with Crippen molar-refractivity contribution in [2.45, 2.75) is 39.1 Å². The monoisotopic (exact) mass is 492 g/mol. The Kier molecular flexibility index (Phi) is 6.19. The van der Waals surface area contributed by atoms with E-state index in [0.717, 1.165) is 39.5 Å². The van der Waals surface area contributed by atoms with Gasteiger partial charge < -0.3 is 8.98 Å². The van der Waals surface area contributed by atoms with Crippen LogP contribution in [0.4, 0.5) is 13.2 Å². The van der Waals surface area contributed by atoms with Crippen LogP contribution in [0.1, 0.15) is 38.0 Å². The highest BCUT2D eigenvalue weighted by Crippen LogP contribution is 2.33. The molecule has 0 amide bonds. The molecule has 0 N–H and O–H groups in total. The summed E-state index contributed by atoms with van der Waals surface area (Å²) in [6.45, 7) is 7.22. The maximum Gasteiger partial charge on any atom is 0.416 e. The lowest BCUT2D eigenvalue weighted by atomic mass is 10.1. The molecule has 0 radical (unpaired) electrons. The Labute approximate surface area is 195 Å². The second-order valence-electron chi connectivity index (χ2n) is 7.40. The van der Waals surface area contributed by atoms with Gasteiger partial charge in [0, 0.05) is 22.6 Å². The van der Waals surface area contributed by atoms with E-state index in [1.54, 1.807) is 30.5 Å². The van der Waals surface area contributed by atoms with E-state index in [1.807, 2.05) is 13.8 Å². The van der Waals surface area contributed by atoms with Crippen LogP contribution in [-0.2, 0) is 6.18 Å². The summed E-state index contributed by atoms with van der Waals surface area (Å²) in [6.07, 6.45) is -4.44. The molecule has 0 saturated heterocycles. The summed E-state index contributed by atoms with van der Waals surface area (Å²) in [5, 5.41) is 9.19. The lowest BCUT2D eigenvalue weighted by molar-refractivity contribution is -0.137. The van der Waals surface area contributed by atoms with Gasteiger partial charge in [-0.25, -0.2) is 4.98 Å². The van der Waals surface area contributed by atoms with Gasteiger partial charge in [-0.3, -0.25) is 4.79 Å². The number of hydrogen-bond donors (Lipinski definition) is 0. The maximum absolute atomic E-state index is 13.1. The van der Waals surface area contributed by atoms with Gasteiger partial charge in [-0.1, -0.05) is 17.8 Å². The van der Waals surface area contributed by atoms with Gasteiger partial charge in [0.25, 0.3) is 11.1 Å². The molecule has 4 aromatic rings. The van der Waals surface area contributed by atoms with Gasteiger partial charge in [0.1, 0.15) is 4.88 Å². The number of Topliss-reactive ketones (excluding diaryl/α,β-unsaturated/α-hetero) is 1. The number of hydrogen-bond acceptors (Lipinski definition) is 7. The third-order valence-electron chi connectivity index (χ3n) is 4.99. The minimum Gasteiger partial charge on any atom is -0.410 e. The number of thioether (sulfide) groups is 1.